The van der Waals surface area contributed by atoms with E-state index in [1.54, 1.807) is 19.4 Å². The van der Waals surface area contributed by atoms with Crippen LogP contribution in [0.25, 0.3) is 0 Å². The van der Waals surface area contributed by atoms with Crippen molar-refractivity contribution in [2.24, 2.45) is 0 Å². The Hall–Kier alpha value is -2.03. The molecule has 1 amide bonds. The second-order valence-electron chi connectivity index (χ2n) is 5.65. The van der Waals surface area contributed by atoms with Gasteiger partial charge in [-0.15, -0.1) is 0 Å². The summed E-state index contributed by atoms with van der Waals surface area (Å²) in [4.78, 5) is 14.1. The van der Waals surface area contributed by atoms with Crippen LogP contribution in [0.15, 0.2) is 24.4 Å². The van der Waals surface area contributed by atoms with Gasteiger partial charge < -0.3 is 10.1 Å². The Kier molecular flexibility index (Phi) is 5.08. The Morgan fingerprint density at radius 3 is 3.04 bits per heavy atom. The molecule has 0 bridgehead atoms. The summed E-state index contributed by atoms with van der Waals surface area (Å²) in [5.74, 6) is -0.747. The first-order chi connectivity index (χ1) is 11.6. The normalized spacial score (nSPS) is 21.1. The van der Waals surface area contributed by atoms with Crippen LogP contribution < -0.4 is 5.32 Å². The average Bonchev–Trinajstić information content (AvgIpc) is 3.19. The summed E-state index contributed by atoms with van der Waals surface area (Å²) in [6.07, 6.45) is 1.60. The summed E-state index contributed by atoms with van der Waals surface area (Å²) in [6.45, 7) is 1.42. The zero-order chi connectivity index (χ0) is 17.1. The number of H-pyrrole nitrogens is 1. The summed E-state index contributed by atoms with van der Waals surface area (Å²) < 4.78 is 18.9. The molecule has 3 rings (SSSR count). The van der Waals surface area contributed by atoms with Crippen molar-refractivity contribution in [3.8, 4) is 0 Å². The second-order valence-corrected chi connectivity index (χ2v) is 6.05. The zero-order valence-electron chi connectivity index (χ0n) is 13.0. The van der Waals surface area contributed by atoms with Crippen LogP contribution in [-0.2, 0) is 9.53 Å². The number of nitrogens with one attached hydrogen (secondary N) is 2. The fourth-order valence-corrected chi connectivity index (χ4v) is 2.99. The van der Waals surface area contributed by atoms with E-state index in [0.717, 1.165) is 5.69 Å². The van der Waals surface area contributed by atoms with Gasteiger partial charge in [0.15, 0.2) is 0 Å². The summed E-state index contributed by atoms with van der Waals surface area (Å²) in [5, 5.41) is 13.2. The van der Waals surface area contributed by atoms with Gasteiger partial charge in [-0.2, -0.15) is 15.4 Å². The predicted molar refractivity (Wildman–Crippen MR) is 86.4 cm³/mol. The molecule has 1 aliphatic rings. The number of ether oxygens (including phenoxy) is 1. The van der Waals surface area contributed by atoms with Gasteiger partial charge >= 0.3 is 0 Å². The van der Waals surface area contributed by atoms with Gasteiger partial charge in [-0.3, -0.25) is 9.69 Å². The largest absolute Gasteiger partial charge is 0.379 e. The van der Waals surface area contributed by atoms with Gasteiger partial charge in [0.2, 0.25) is 5.91 Å². The van der Waals surface area contributed by atoms with Crippen molar-refractivity contribution in [2.75, 3.05) is 32.1 Å². The van der Waals surface area contributed by atoms with Crippen LogP contribution in [0.2, 0.25) is 5.02 Å². The number of amides is 1. The van der Waals surface area contributed by atoms with Crippen LogP contribution in [0.3, 0.4) is 0 Å². The van der Waals surface area contributed by atoms with Crippen molar-refractivity contribution >= 4 is 23.2 Å². The number of carbonyl (C=O) groups is 1. The molecule has 0 saturated carbocycles. The monoisotopic (exact) mass is 353 g/mol. The lowest BCUT2D eigenvalue weighted by Gasteiger charge is -2.15. The molecule has 0 spiro atoms. The average molecular weight is 354 g/mol. The summed E-state index contributed by atoms with van der Waals surface area (Å²) in [7, 11) is 1.64. The van der Waals surface area contributed by atoms with Gasteiger partial charge in [-0.1, -0.05) is 11.6 Å². The minimum absolute atomic E-state index is 0.0194. The fourth-order valence-electron chi connectivity index (χ4n) is 2.87. The minimum atomic E-state index is -0.568. The highest BCUT2D eigenvalue weighted by Crippen LogP contribution is 2.27. The quantitative estimate of drug-likeness (QED) is 0.854. The first-order valence-electron chi connectivity index (χ1n) is 7.42. The Balaban J connectivity index is 1.59. The molecule has 1 fully saturated rings. The summed E-state index contributed by atoms with van der Waals surface area (Å²) in [6, 6.07) is 4.16. The lowest BCUT2D eigenvalue weighted by molar-refractivity contribution is -0.117. The molecular weight excluding hydrogens is 337 g/mol. The number of hydrogen-bond donors (Lipinski definition) is 2. The standard InChI is InChI=1S/C15H17ClFN5O2/c1-24-14-7-22(6-10(14)13-5-18-21-20-13)8-15(23)19-9-2-3-11(16)12(17)4-9/h2-5,10,14H,6-8H2,1H3,(H,19,23)(H,18,20,21)/t10-,14+/m0/s1. The van der Waals surface area contributed by atoms with Gasteiger partial charge in [-0.25, -0.2) is 4.39 Å². The van der Waals surface area contributed by atoms with E-state index in [2.05, 4.69) is 20.7 Å². The third-order valence-electron chi connectivity index (χ3n) is 4.03. The molecule has 2 atom stereocenters. The van der Waals surface area contributed by atoms with Gasteiger partial charge in [0.1, 0.15) is 5.82 Å². The highest BCUT2D eigenvalue weighted by molar-refractivity contribution is 6.30. The first kappa shape index (κ1) is 16.8. The van der Waals surface area contributed by atoms with Crippen molar-refractivity contribution in [3.63, 3.8) is 0 Å². The van der Waals surface area contributed by atoms with Crippen LogP contribution in [0, 0.1) is 5.82 Å². The number of rotatable bonds is 5. The number of aromatic nitrogens is 3. The Bertz CT molecular complexity index is 712. The molecule has 24 heavy (non-hydrogen) atoms. The Labute approximate surface area is 143 Å². The number of nitrogens with zero attached hydrogens (tertiary/aromatic N) is 3. The van der Waals surface area contributed by atoms with Crippen molar-refractivity contribution in [1.82, 2.24) is 20.3 Å². The highest BCUT2D eigenvalue weighted by atomic mass is 35.5. The van der Waals surface area contributed by atoms with Crippen LogP contribution in [0.5, 0.6) is 0 Å². The van der Waals surface area contributed by atoms with E-state index in [1.165, 1.54) is 12.1 Å². The molecule has 9 heteroatoms. The lowest BCUT2D eigenvalue weighted by Crippen LogP contribution is -2.32. The molecule has 1 aliphatic heterocycles. The number of methoxy groups -OCH3 is 1. The first-order valence-corrected chi connectivity index (χ1v) is 7.80. The van der Waals surface area contributed by atoms with E-state index in [-0.39, 0.29) is 29.5 Å². The third-order valence-corrected chi connectivity index (χ3v) is 4.34. The van der Waals surface area contributed by atoms with Gasteiger partial charge in [0.25, 0.3) is 0 Å². The number of likely N-dealkylation sites (tertiary alicyclic amines) is 1. The third kappa shape index (κ3) is 3.72. The molecule has 2 heterocycles. The van der Waals surface area contributed by atoms with Crippen molar-refractivity contribution in [3.05, 3.63) is 40.9 Å². The van der Waals surface area contributed by atoms with Crippen LogP contribution >= 0.6 is 11.6 Å². The van der Waals surface area contributed by atoms with E-state index < -0.39 is 5.82 Å². The number of aromatic amines is 1. The van der Waals surface area contributed by atoms with E-state index >= 15 is 0 Å². The maximum atomic E-state index is 13.4. The number of hydrogen-bond acceptors (Lipinski definition) is 5. The Morgan fingerprint density at radius 2 is 2.38 bits per heavy atom. The van der Waals surface area contributed by atoms with Crippen molar-refractivity contribution in [1.29, 1.82) is 0 Å². The van der Waals surface area contributed by atoms with Crippen molar-refractivity contribution in [2.45, 2.75) is 12.0 Å². The Morgan fingerprint density at radius 1 is 1.54 bits per heavy atom. The van der Waals surface area contributed by atoms with E-state index in [9.17, 15) is 9.18 Å². The SMILES string of the molecule is CO[C@@H]1CN(CC(=O)Nc2ccc(Cl)c(F)c2)C[C@H]1c1cn[nH]n1. The van der Waals surface area contributed by atoms with Crippen LogP contribution in [0.1, 0.15) is 11.6 Å². The highest BCUT2D eigenvalue weighted by Gasteiger charge is 2.36. The summed E-state index contributed by atoms with van der Waals surface area (Å²) in [5.41, 5.74) is 1.18. The van der Waals surface area contributed by atoms with E-state index in [1.807, 2.05) is 4.90 Å². The molecule has 1 saturated heterocycles. The minimum Gasteiger partial charge on any atom is -0.379 e. The van der Waals surface area contributed by atoms with Crippen molar-refractivity contribution < 1.29 is 13.9 Å². The van der Waals surface area contributed by atoms with E-state index in [4.69, 9.17) is 16.3 Å². The molecule has 1 aromatic carbocycles. The number of anilines is 1. The number of carbonyl (C=O) groups excluding carboxylic acids is 1. The molecule has 0 unspecified atom stereocenters. The number of halogens is 2. The van der Waals surface area contributed by atoms with Crippen LogP contribution in [-0.4, -0.2) is 59.1 Å². The maximum Gasteiger partial charge on any atom is 0.238 e. The molecule has 0 aliphatic carbocycles. The zero-order valence-corrected chi connectivity index (χ0v) is 13.8. The molecule has 1 aromatic heterocycles. The molecule has 128 valence electrons. The summed E-state index contributed by atoms with van der Waals surface area (Å²) >= 11 is 5.63. The second kappa shape index (κ2) is 7.25. The molecule has 7 nitrogen and oxygen atoms in total. The topological polar surface area (TPSA) is 83.1 Å². The fraction of sp³-hybridized carbons (Fsp3) is 0.400. The van der Waals surface area contributed by atoms with Crippen LogP contribution in [0.4, 0.5) is 10.1 Å². The lowest BCUT2D eigenvalue weighted by atomic mass is 10.0. The van der Waals surface area contributed by atoms with Gasteiger partial charge in [-0.05, 0) is 18.2 Å². The predicted octanol–water partition coefficient (Wildman–Crippen LogP) is 1.65. The number of benzene rings is 1. The molecule has 0 radical (unpaired) electrons. The maximum absolute atomic E-state index is 13.4. The van der Waals surface area contributed by atoms with Gasteiger partial charge in [0.05, 0.1) is 29.6 Å². The molecule has 2 N–H and O–H groups in total. The molecule has 2 aromatic rings. The smallest absolute Gasteiger partial charge is 0.238 e. The van der Waals surface area contributed by atoms with E-state index in [0.29, 0.717) is 18.8 Å². The van der Waals surface area contributed by atoms with Gasteiger partial charge in [0, 0.05) is 31.8 Å². The molecular formula is C15H17ClFN5O2.